The Kier molecular flexibility index (Phi) is 15.7. The Hall–Kier alpha value is -5.81. The second-order valence-corrected chi connectivity index (χ2v) is 17.7. The highest BCUT2D eigenvalue weighted by Gasteiger charge is 2.30. The summed E-state index contributed by atoms with van der Waals surface area (Å²) >= 11 is 0. The lowest BCUT2D eigenvalue weighted by Gasteiger charge is -2.33. The molecule has 334 valence electrons. The smallest absolute Gasteiger partial charge is 0.333 e. The molecule has 1 N–H and O–H groups in total. The molecule has 0 heterocycles. The Morgan fingerprint density at radius 1 is 0.609 bits per heavy atom. The Morgan fingerprint density at radius 2 is 1.08 bits per heavy atom. The molecule has 5 nitrogen and oxygen atoms in total. The van der Waals surface area contributed by atoms with E-state index < -0.39 is 0 Å². The van der Waals surface area contributed by atoms with Crippen molar-refractivity contribution in [3.8, 4) is 0 Å². The van der Waals surface area contributed by atoms with Crippen LogP contribution in [0.3, 0.4) is 0 Å². The second-order valence-electron chi connectivity index (χ2n) is 17.7. The van der Waals surface area contributed by atoms with Crippen LogP contribution in [-0.4, -0.2) is 31.2 Å². The van der Waals surface area contributed by atoms with Crippen LogP contribution in [0.25, 0.3) is 10.8 Å². The number of carbonyl (C=O) groups excluding carboxylic acids is 1. The molecule has 0 bridgehead atoms. The molecule has 1 aliphatic carbocycles. The van der Waals surface area contributed by atoms with Crippen molar-refractivity contribution in [1.29, 1.82) is 0 Å². The minimum Gasteiger partial charge on any atom is -0.457 e. The van der Waals surface area contributed by atoms with Gasteiger partial charge in [0.15, 0.2) is 0 Å². The molecule has 0 amide bonds. The number of benzene rings is 6. The van der Waals surface area contributed by atoms with Crippen molar-refractivity contribution in [2.45, 2.75) is 131 Å². The summed E-state index contributed by atoms with van der Waals surface area (Å²) in [6.45, 7) is 21.1. The highest BCUT2D eigenvalue weighted by molar-refractivity contribution is 5.97. The van der Waals surface area contributed by atoms with Crippen molar-refractivity contribution in [3.63, 3.8) is 0 Å². The normalized spacial score (nSPS) is 15.0. The summed E-state index contributed by atoms with van der Waals surface area (Å²) < 4.78 is 6.01. The first kappa shape index (κ1) is 46.2. The number of anilines is 5. The predicted molar refractivity (Wildman–Crippen MR) is 273 cm³/mol. The van der Waals surface area contributed by atoms with Crippen LogP contribution in [0.5, 0.6) is 0 Å². The van der Waals surface area contributed by atoms with E-state index in [2.05, 4.69) is 185 Å². The average molecular weight is 854 g/mol. The van der Waals surface area contributed by atoms with Gasteiger partial charge in [0, 0.05) is 58.4 Å². The topological polar surface area (TPSA) is 44.8 Å². The largest absolute Gasteiger partial charge is 0.457 e. The van der Waals surface area contributed by atoms with Crippen LogP contribution in [0.15, 0.2) is 133 Å². The standard InChI is InChI=1S/C59H71N3O2/c1-9-39-61(57-42(11-3)21-19-22-43(57)12-4)48-33-29-46(30-34-48)56(47-31-35-49(36-32-47)62(40-10-2)58-44(13-5)23-20-24-45(58)14-6)52-37-38-53(51-26-16-15-25-50(51)52)60-54-27-17-18-28-55(54)64-59(63)41(7)8/h15-16,19-26,29-38,54-56,60H,7,9-14,17-18,27-28,39-40H2,1-6,8H3. The number of nitrogens with zero attached hydrogens (tertiary/aromatic N) is 2. The fourth-order valence-electron chi connectivity index (χ4n) is 10.1. The monoisotopic (exact) mass is 854 g/mol. The van der Waals surface area contributed by atoms with E-state index in [9.17, 15) is 4.79 Å². The number of hydrogen-bond donors (Lipinski definition) is 1. The maximum absolute atomic E-state index is 12.7. The number of nitrogens with one attached hydrogen (secondary N) is 1. The first-order valence-corrected chi connectivity index (χ1v) is 24.4. The maximum atomic E-state index is 12.7. The Balaban J connectivity index is 1.34. The third-order valence-corrected chi connectivity index (χ3v) is 13.4. The molecule has 1 saturated carbocycles. The number of ether oxygens (including phenoxy) is 1. The van der Waals surface area contributed by atoms with Crippen molar-refractivity contribution in [3.05, 3.63) is 172 Å². The van der Waals surface area contributed by atoms with E-state index in [0.29, 0.717) is 5.57 Å². The Bertz CT molecular complexity index is 2350. The van der Waals surface area contributed by atoms with Crippen LogP contribution in [0.4, 0.5) is 28.4 Å². The number of para-hydroxylation sites is 2. The van der Waals surface area contributed by atoms with Gasteiger partial charge in [-0.05, 0) is 139 Å². The predicted octanol–water partition coefficient (Wildman–Crippen LogP) is 15.2. The minimum atomic E-state index is -0.310. The van der Waals surface area contributed by atoms with E-state index >= 15 is 0 Å². The van der Waals surface area contributed by atoms with E-state index in [1.807, 2.05) is 0 Å². The molecular weight excluding hydrogens is 783 g/mol. The number of rotatable bonds is 19. The molecule has 2 unspecified atom stereocenters. The number of hydrogen-bond acceptors (Lipinski definition) is 5. The van der Waals surface area contributed by atoms with Crippen molar-refractivity contribution >= 4 is 45.2 Å². The first-order chi connectivity index (χ1) is 31.2. The molecule has 6 aromatic rings. The van der Waals surface area contributed by atoms with E-state index in [0.717, 1.165) is 83.0 Å². The molecule has 1 fully saturated rings. The van der Waals surface area contributed by atoms with Crippen LogP contribution in [0.2, 0.25) is 0 Å². The van der Waals surface area contributed by atoms with Crippen LogP contribution < -0.4 is 15.1 Å². The van der Waals surface area contributed by atoms with Crippen molar-refractivity contribution in [1.82, 2.24) is 0 Å². The molecule has 6 aromatic carbocycles. The van der Waals surface area contributed by atoms with Gasteiger partial charge in [0.25, 0.3) is 0 Å². The van der Waals surface area contributed by atoms with Crippen molar-refractivity contribution < 1.29 is 9.53 Å². The molecular formula is C59H71N3O2. The summed E-state index contributed by atoms with van der Waals surface area (Å²) in [5, 5.41) is 6.26. The number of fused-ring (bicyclic) bond motifs is 1. The van der Waals surface area contributed by atoms with Gasteiger partial charge >= 0.3 is 5.97 Å². The van der Waals surface area contributed by atoms with Gasteiger partial charge in [-0.25, -0.2) is 4.79 Å². The van der Waals surface area contributed by atoms with Gasteiger partial charge < -0.3 is 19.9 Å². The zero-order valence-corrected chi connectivity index (χ0v) is 39.7. The van der Waals surface area contributed by atoms with E-state index in [1.54, 1.807) is 6.92 Å². The molecule has 2 atom stereocenters. The molecule has 64 heavy (non-hydrogen) atoms. The van der Waals surface area contributed by atoms with Crippen molar-refractivity contribution in [2.75, 3.05) is 28.2 Å². The summed E-state index contributed by atoms with van der Waals surface area (Å²) in [5.74, 6) is -0.335. The third kappa shape index (κ3) is 9.94. The van der Waals surface area contributed by atoms with Crippen LogP contribution in [0, 0.1) is 0 Å². The van der Waals surface area contributed by atoms with Gasteiger partial charge in [0.05, 0.1) is 6.04 Å². The minimum absolute atomic E-state index is 0.0245. The highest BCUT2D eigenvalue weighted by atomic mass is 16.5. The molecule has 1 aliphatic rings. The highest BCUT2D eigenvalue weighted by Crippen LogP contribution is 2.42. The molecule has 7 rings (SSSR count). The third-order valence-electron chi connectivity index (χ3n) is 13.4. The SMILES string of the molecule is C=C(C)C(=O)OC1CCCCC1Nc1ccc(C(c2ccc(N(CCC)c3c(CC)cccc3CC)cc2)c2ccc(N(CCC)c3c(CC)cccc3CC)cc2)c2ccccc12. The summed E-state index contributed by atoms with van der Waals surface area (Å²) in [4.78, 5) is 17.8. The summed E-state index contributed by atoms with van der Waals surface area (Å²) in [6.07, 6.45) is 9.84. The summed E-state index contributed by atoms with van der Waals surface area (Å²) in [7, 11) is 0. The zero-order valence-electron chi connectivity index (χ0n) is 39.7. The quantitative estimate of drug-likeness (QED) is 0.0500. The van der Waals surface area contributed by atoms with E-state index in [-0.39, 0.29) is 24.0 Å². The fraction of sp³-hybridized carbons (Fsp3) is 0.373. The number of carbonyl (C=O) groups is 1. The van der Waals surface area contributed by atoms with E-state index in [4.69, 9.17) is 4.74 Å². The van der Waals surface area contributed by atoms with Gasteiger partial charge in [0.1, 0.15) is 6.10 Å². The van der Waals surface area contributed by atoms with Crippen molar-refractivity contribution in [2.24, 2.45) is 0 Å². The summed E-state index contributed by atoms with van der Waals surface area (Å²) in [6, 6.07) is 45.9. The molecule has 0 saturated heterocycles. The first-order valence-electron chi connectivity index (χ1n) is 24.4. The number of aryl methyl sites for hydroxylation is 4. The van der Waals surface area contributed by atoms with E-state index in [1.165, 1.54) is 72.5 Å². The molecule has 0 aliphatic heterocycles. The van der Waals surface area contributed by atoms with Gasteiger partial charge in [0.2, 0.25) is 0 Å². The van der Waals surface area contributed by atoms with Gasteiger partial charge in [-0.2, -0.15) is 0 Å². The summed E-state index contributed by atoms with van der Waals surface area (Å²) in [5.41, 5.74) is 16.1. The average Bonchev–Trinajstić information content (AvgIpc) is 3.33. The molecule has 5 heteroatoms. The lowest BCUT2D eigenvalue weighted by Crippen LogP contribution is -2.40. The molecule has 0 radical (unpaired) electrons. The van der Waals surface area contributed by atoms with Gasteiger partial charge in [-0.15, -0.1) is 0 Å². The lowest BCUT2D eigenvalue weighted by molar-refractivity contribution is -0.146. The van der Waals surface area contributed by atoms with Gasteiger partial charge in [-0.3, -0.25) is 0 Å². The maximum Gasteiger partial charge on any atom is 0.333 e. The van der Waals surface area contributed by atoms with Crippen LogP contribution >= 0.6 is 0 Å². The lowest BCUT2D eigenvalue weighted by atomic mass is 9.82. The second kappa shape index (κ2) is 21.7. The fourth-order valence-corrected chi connectivity index (χ4v) is 10.1. The Labute approximate surface area is 384 Å². The Morgan fingerprint density at radius 3 is 1.53 bits per heavy atom. The van der Waals surface area contributed by atoms with Gasteiger partial charge in [-0.1, -0.05) is 146 Å². The molecule has 0 aromatic heterocycles. The molecule has 0 spiro atoms. The zero-order chi connectivity index (χ0) is 45.2. The number of esters is 1. The van der Waals surface area contributed by atoms with Crippen LogP contribution in [0.1, 0.15) is 132 Å². The van der Waals surface area contributed by atoms with Crippen LogP contribution in [-0.2, 0) is 35.2 Å².